The van der Waals surface area contributed by atoms with E-state index in [1.54, 1.807) is 26.2 Å². The van der Waals surface area contributed by atoms with Crippen molar-refractivity contribution in [1.82, 2.24) is 5.32 Å². The van der Waals surface area contributed by atoms with Gasteiger partial charge < -0.3 is 14.9 Å². The standard InChI is InChI=1S/C19H19FN2O3/c1-19(18(23)21-12-13-3-7-15(20)8-4-13)11-17(22-25-19)14-5-9-16(24-2)10-6-14/h3-10H,11-12H2,1-2H3,(H,21,23). The van der Waals surface area contributed by atoms with Crippen LogP contribution in [0.3, 0.4) is 0 Å². The summed E-state index contributed by atoms with van der Waals surface area (Å²) in [5.74, 6) is 0.186. The maximum absolute atomic E-state index is 12.9. The van der Waals surface area contributed by atoms with E-state index in [1.165, 1.54) is 12.1 Å². The lowest BCUT2D eigenvalue weighted by atomic mass is 9.95. The molecule has 1 amide bonds. The average molecular weight is 342 g/mol. The number of halogens is 1. The van der Waals surface area contributed by atoms with Crippen LogP contribution in [0.15, 0.2) is 53.7 Å². The van der Waals surface area contributed by atoms with Crippen molar-refractivity contribution in [2.45, 2.75) is 25.5 Å². The number of hydrogen-bond acceptors (Lipinski definition) is 4. The van der Waals surface area contributed by atoms with Crippen LogP contribution in [-0.4, -0.2) is 24.3 Å². The minimum absolute atomic E-state index is 0.260. The monoisotopic (exact) mass is 342 g/mol. The molecule has 0 bridgehead atoms. The van der Waals surface area contributed by atoms with Gasteiger partial charge in [-0.2, -0.15) is 0 Å². The summed E-state index contributed by atoms with van der Waals surface area (Å²) in [5, 5.41) is 6.88. The predicted molar refractivity (Wildman–Crippen MR) is 91.9 cm³/mol. The Balaban J connectivity index is 1.60. The van der Waals surface area contributed by atoms with E-state index in [0.717, 1.165) is 16.9 Å². The zero-order chi connectivity index (χ0) is 17.9. The molecule has 1 heterocycles. The van der Waals surface area contributed by atoms with Gasteiger partial charge in [-0.15, -0.1) is 0 Å². The quantitative estimate of drug-likeness (QED) is 0.909. The van der Waals surface area contributed by atoms with Crippen LogP contribution in [0.25, 0.3) is 0 Å². The fourth-order valence-corrected chi connectivity index (χ4v) is 2.57. The SMILES string of the molecule is COc1ccc(C2=NOC(C)(C(=O)NCc3ccc(F)cc3)C2)cc1. The van der Waals surface area contributed by atoms with Crippen LogP contribution in [0.2, 0.25) is 0 Å². The Kier molecular flexibility index (Phi) is 4.70. The molecule has 1 aliphatic heterocycles. The summed E-state index contributed by atoms with van der Waals surface area (Å²) in [5.41, 5.74) is 1.35. The Morgan fingerprint density at radius 1 is 1.24 bits per heavy atom. The molecular weight excluding hydrogens is 323 g/mol. The van der Waals surface area contributed by atoms with Crippen molar-refractivity contribution in [3.63, 3.8) is 0 Å². The van der Waals surface area contributed by atoms with Crippen LogP contribution in [0, 0.1) is 5.82 Å². The molecule has 0 radical (unpaired) electrons. The van der Waals surface area contributed by atoms with Crippen LogP contribution in [-0.2, 0) is 16.2 Å². The molecule has 1 aliphatic rings. The molecule has 0 saturated heterocycles. The van der Waals surface area contributed by atoms with Crippen molar-refractivity contribution in [2.24, 2.45) is 5.16 Å². The number of carbonyl (C=O) groups is 1. The molecule has 3 rings (SSSR count). The summed E-state index contributed by atoms with van der Waals surface area (Å²) in [6.07, 6.45) is 0.370. The minimum atomic E-state index is -1.06. The molecule has 1 N–H and O–H groups in total. The van der Waals surface area contributed by atoms with Crippen LogP contribution in [0.5, 0.6) is 5.75 Å². The molecule has 6 heteroatoms. The Bertz CT molecular complexity index is 787. The average Bonchev–Trinajstić information content (AvgIpc) is 3.04. The van der Waals surface area contributed by atoms with Crippen LogP contribution in [0.1, 0.15) is 24.5 Å². The second-order valence-electron chi connectivity index (χ2n) is 6.07. The number of ether oxygens (including phenoxy) is 1. The van der Waals surface area contributed by atoms with Gasteiger partial charge in [-0.05, 0) is 54.4 Å². The van der Waals surface area contributed by atoms with Gasteiger partial charge in [-0.1, -0.05) is 17.3 Å². The van der Waals surface area contributed by atoms with Crippen molar-refractivity contribution < 1.29 is 18.8 Å². The van der Waals surface area contributed by atoms with E-state index >= 15 is 0 Å². The fraction of sp³-hybridized carbons (Fsp3) is 0.263. The van der Waals surface area contributed by atoms with E-state index in [-0.39, 0.29) is 11.7 Å². The summed E-state index contributed by atoms with van der Waals surface area (Å²) in [7, 11) is 1.60. The second kappa shape index (κ2) is 6.93. The van der Waals surface area contributed by atoms with E-state index < -0.39 is 5.60 Å². The zero-order valence-corrected chi connectivity index (χ0v) is 14.1. The molecule has 0 aromatic heterocycles. The summed E-state index contributed by atoms with van der Waals surface area (Å²) >= 11 is 0. The van der Waals surface area contributed by atoms with Crippen molar-refractivity contribution in [1.29, 1.82) is 0 Å². The zero-order valence-electron chi connectivity index (χ0n) is 14.1. The lowest BCUT2D eigenvalue weighted by Crippen LogP contribution is -2.44. The van der Waals surface area contributed by atoms with Crippen LogP contribution in [0.4, 0.5) is 4.39 Å². The van der Waals surface area contributed by atoms with Gasteiger partial charge in [-0.3, -0.25) is 4.79 Å². The van der Waals surface area contributed by atoms with Gasteiger partial charge in [0.2, 0.25) is 5.60 Å². The number of nitrogens with one attached hydrogen (secondary N) is 1. The number of methoxy groups -OCH3 is 1. The number of benzene rings is 2. The first kappa shape index (κ1) is 17.0. The van der Waals surface area contributed by atoms with E-state index in [0.29, 0.717) is 18.7 Å². The summed E-state index contributed by atoms with van der Waals surface area (Å²) in [6, 6.07) is 13.4. The molecule has 1 unspecified atom stereocenters. The third-order valence-corrected chi connectivity index (χ3v) is 4.13. The maximum atomic E-state index is 12.9. The first-order valence-electron chi connectivity index (χ1n) is 7.92. The van der Waals surface area contributed by atoms with Gasteiger partial charge in [-0.25, -0.2) is 4.39 Å². The van der Waals surface area contributed by atoms with Crippen molar-refractivity contribution in [3.8, 4) is 5.75 Å². The first-order chi connectivity index (χ1) is 12.0. The van der Waals surface area contributed by atoms with Gasteiger partial charge in [0.05, 0.1) is 12.8 Å². The number of amides is 1. The molecule has 0 fully saturated rings. The fourth-order valence-electron chi connectivity index (χ4n) is 2.57. The third kappa shape index (κ3) is 3.79. The third-order valence-electron chi connectivity index (χ3n) is 4.13. The molecule has 130 valence electrons. The molecule has 2 aromatic rings. The number of carbonyl (C=O) groups excluding carboxylic acids is 1. The highest BCUT2D eigenvalue weighted by molar-refractivity contribution is 6.05. The van der Waals surface area contributed by atoms with E-state index in [2.05, 4.69) is 10.5 Å². The maximum Gasteiger partial charge on any atom is 0.267 e. The van der Waals surface area contributed by atoms with E-state index in [1.807, 2.05) is 24.3 Å². The molecule has 1 atom stereocenters. The number of nitrogens with zero attached hydrogens (tertiary/aromatic N) is 1. The van der Waals surface area contributed by atoms with E-state index in [9.17, 15) is 9.18 Å². The van der Waals surface area contributed by atoms with Crippen molar-refractivity contribution >= 4 is 11.6 Å². The molecular formula is C19H19FN2O3. The van der Waals surface area contributed by atoms with Crippen LogP contribution >= 0.6 is 0 Å². The lowest BCUT2D eigenvalue weighted by Gasteiger charge is -2.20. The van der Waals surface area contributed by atoms with Gasteiger partial charge in [0.1, 0.15) is 11.6 Å². The number of rotatable bonds is 5. The summed E-state index contributed by atoms with van der Waals surface area (Å²) in [4.78, 5) is 17.9. The van der Waals surface area contributed by atoms with Gasteiger partial charge in [0, 0.05) is 13.0 Å². The number of hydrogen-bond donors (Lipinski definition) is 1. The predicted octanol–water partition coefficient (Wildman–Crippen LogP) is 3.03. The van der Waals surface area contributed by atoms with Gasteiger partial charge >= 0.3 is 0 Å². The lowest BCUT2D eigenvalue weighted by molar-refractivity contribution is -0.141. The van der Waals surface area contributed by atoms with Gasteiger partial charge in [0.15, 0.2) is 0 Å². The minimum Gasteiger partial charge on any atom is -0.497 e. The largest absolute Gasteiger partial charge is 0.497 e. The smallest absolute Gasteiger partial charge is 0.267 e. The normalized spacial score (nSPS) is 19.1. The summed E-state index contributed by atoms with van der Waals surface area (Å²) in [6.45, 7) is 2.00. The van der Waals surface area contributed by atoms with Gasteiger partial charge in [0.25, 0.3) is 5.91 Å². The van der Waals surface area contributed by atoms with Crippen molar-refractivity contribution in [2.75, 3.05) is 7.11 Å². The topological polar surface area (TPSA) is 59.9 Å². The highest BCUT2D eigenvalue weighted by Gasteiger charge is 2.42. The molecule has 0 saturated carbocycles. The Morgan fingerprint density at radius 2 is 1.92 bits per heavy atom. The van der Waals surface area contributed by atoms with Crippen LogP contribution < -0.4 is 10.1 Å². The van der Waals surface area contributed by atoms with Crippen molar-refractivity contribution in [3.05, 3.63) is 65.5 Å². The molecule has 2 aromatic carbocycles. The first-order valence-corrected chi connectivity index (χ1v) is 7.92. The Hall–Kier alpha value is -2.89. The highest BCUT2D eigenvalue weighted by atomic mass is 19.1. The number of oxime groups is 1. The molecule has 0 aliphatic carbocycles. The molecule has 0 spiro atoms. The summed E-state index contributed by atoms with van der Waals surface area (Å²) < 4.78 is 18.0. The molecule has 5 nitrogen and oxygen atoms in total. The second-order valence-corrected chi connectivity index (χ2v) is 6.07. The highest BCUT2D eigenvalue weighted by Crippen LogP contribution is 2.27. The Morgan fingerprint density at radius 3 is 2.56 bits per heavy atom. The molecule has 25 heavy (non-hydrogen) atoms. The Labute approximate surface area is 145 Å². The van der Waals surface area contributed by atoms with E-state index in [4.69, 9.17) is 9.57 Å².